The Bertz CT molecular complexity index is 490. The van der Waals surface area contributed by atoms with E-state index in [9.17, 15) is 0 Å². The molecule has 2 nitrogen and oxygen atoms in total. The van der Waals surface area contributed by atoms with Crippen LogP contribution in [0, 0.1) is 0 Å². The highest BCUT2D eigenvalue weighted by Crippen LogP contribution is 2.18. The standard InChI is InChI=1S/C12H9BrClNO/c13-11-6-3-7-12(15-11)16-8-9-4-1-2-5-10(9)14/h1-7H,8H2. The van der Waals surface area contributed by atoms with E-state index in [0.29, 0.717) is 17.5 Å². The summed E-state index contributed by atoms with van der Waals surface area (Å²) in [7, 11) is 0. The van der Waals surface area contributed by atoms with Crippen LogP contribution >= 0.6 is 27.5 Å². The molecule has 4 heteroatoms. The molecule has 82 valence electrons. The molecule has 0 saturated heterocycles. The molecule has 0 fully saturated rings. The maximum absolute atomic E-state index is 6.01. The first-order chi connectivity index (χ1) is 7.75. The number of nitrogens with zero attached hydrogens (tertiary/aromatic N) is 1. The predicted octanol–water partition coefficient (Wildman–Crippen LogP) is 4.08. The molecular formula is C12H9BrClNO. The fourth-order valence-electron chi connectivity index (χ4n) is 1.24. The van der Waals surface area contributed by atoms with Crippen LogP contribution in [0.3, 0.4) is 0 Å². The summed E-state index contributed by atoms with van der Waals surface area (Å²) in [6.45, 7) is 0.420. The van der Waals surface area contributed by atoms with Crippen molar-refractivity contribution >= 4 is 27.5 Å². The molecule has 1 heterocycles. The largest absolute Gasteiger partial charge is 0.473 e. The number of aromatic nitrogens is 1. The van der Waals surface area contributed by atoms with E-state index in [1.807, 2.05) is 42.5 Å². The van der Waals surface area contributed by atoms with E-state index in [4.69, 9.17) is 16.3 Å². The molecular weight excluding hydrogens is 289 g/mol. The molecule has 0 aliphatic carbocycles. The summed E-state index contributed by atoms with van der Waals surface area (Å²) < 4.78 is 6.28. The summed E-state index contributed by atoms with van der Waals surface area (Å²) in [5, 5.41) is 0.706. The zero-order valence-electron chi connectivity index (χ0n) is 8.36. The van der Waals surface area contributed by atoms with Crippen molar-refractivity contribution in [1.29, 1.82) is 0 Å². The molecule has 2 rings (SSSR count). The van der Waals surface area contributed by atoms with Crippen LogP contribution in [0.2, 0.25) is 5.02 Å². The third-order valence-corrected chi connectivity index (χ3v) is 2.83. The fourth-order valence-corrected chi connectivity index (χ4v) is 1.75. The molecule has 0 atom stereocenters. The van der Waals surface area contributed by atoms with Gasteiger partial charge in [0.15, 0.2) is 0 Å². The van der Waals surface area contributed by atoms with Gasteiger partial charge in [-0.2, -0.15) is 0 Å². The Kier molecular flexibility index (Phi) is 3.80. The topological polar surface area (TPSA) is 22.1 Å². The molecule has 0 bridgehead atoms. The van der Waals surface area contributed by atoms with E-state index in [1.165, 1.54) is 0 Å². The molecule has 16 heavy (non-hydrogen) atoms. The van der Waals surface area contributed by atoms with Crippen molar-refractivity contribution in [2.75, 3.05) is 0 Å². The summed E-state index contributed by atoms with van der Waals surface area (Å²) in [6.07, 6.45) is 0. The molecule has 0 radical (unpaired) electrons. The maximum Gasteiger partial charge on any atom is 0.214 e. The van der Waals surface area contributed by atoms with Gasteiger partial charge in [-0.3, -0.25) is 0 Å². The van der Waals surface area contributed by atoms with Crippen molar-refractivity contribution in [3.05, 3.63) is 57.7 Å². The maximum atomic E-state index is 6.01. The molecule has 0 unspecified atom stereocenters. The van der Waals surface area contributed by atoms with Gasteiger partial charge in [-0.1, -0.05) is 35.9 Å². The van der Waals surface area contributed by atoms with Crippen LogP contribution < -0.4 is 4.74 Å². The van der Waals surface area contributed by atoms with Crippen molar-refractivity contribution in [3.63, 3.8) is 0 Å². The number of pyridine rings is 1. The molecule has 0 aliphatic heterocycles. The fraction of sp³-hybridized carbons (Fsp3) is 0.0833. The Morgan fingerprint density at radius 3 is 2.69 bits per heavy atom. The highest BCUT2D eigenvalue weighted by atomic mass is 79.9. The minimum Gasteiger partial charge on any atom is -0.473 e. The van der Waals surface area contributed by atoms with Gasteiger partial charge in [0, 0.05) is 16.7 Å². The van der Waals surface area contributed by atoms with Gasteiger partial charge < -0.3 is 4.74 Å². The smallest absolute Gasteiger partial charge is 0.214 e. The van der Waals surface area contributed by atoms with Crippen LogP contribution in [0.1, 0.15) is 5.56 Å². The molecule has 0 amide bonds. The minimum atomic E-state index is 0.420. The molecule has 0 saturated carbocycles. The predicted molar refractivity (Wildman–Crippen MR) is 67.7 cm³/mol. The Balaban J connectivity index is 2.05. The van der Waals surface area contributed by atoms with Crippen LogP contribution in [-0.2, 0) is 6.61 Å². The summed E-state index contributed by atoms with van der Waals surface area (Å²) >= 11 is 9.30. The number of hydrogen-bond donors (Lipinski definition) is 0. The third-order valence-electron chi connectivity index (χ3n) is 2.02. The van der Waals surface area contributed by atoms with Gasteiger partial charge in [-0.25, -0.2) is 4.98 Å². The van der Waals surface area contributed by atoms with E-state index in [-0.39, 0.29) is 0 Å². The molecule has 0 N–H and O–H groups in total. The van der Waals surface area contributed by atoms with Crippen LogP contribution in [-0.4, -0.2) is 4.98 Å². The van der Waals surface area contributed by atoms with E-state index in [1.54, 1.807) is 0 Å². The zero-order valence-corrected chi connectivity index (χ0v) is 10.7. The number of benzene rings is 1. The van der Waals surface area contributed by atoms with Crippen molar-refractivity contribution in [2.45, 2.75) is 6.61 Å². The van der Waals surface area contributed by atoms with Gasteiger partial charge in [-0.15, -0.1) is 0 Å². The third kappa shape index (κ3) is 2.97. The lowest BCUT2D eigenvalue weighted by molar-refractivity contribution is 0.293. The average Bonchev–Trinajstić information content (AvgIpc) is 2.28. The second-order valence-electron chi connectivity index (χ2n) is 3.18. The van der Waals surface area contributed by atoms with Crippen LogP contribution in [0.15, 0.2) is 47.1 Å². The van der Waals surface area contributed by atoms with Crippen LogP contribution in [0.4, 0.5) is 0 Å². The summed E-state index contributed by atoms with van der Waals surface area (Å²) in [5.41, 5.74) is 0.950. The zero-order chi connectivity index (χ0) is 11.4. The number of rotatable bonds is 3. The van der Waals surface area contributed by atoms with Gasteiger partial charge in [0.05, 0.1) is 0 Å². The van der Waals surface area contributed by atoms with E-state index < -0.39 is 0 Å². The lowest BCUT2D eigenvalue weighted by Crippen LogP contribution is -1.97. The first-order valence-corrected chi connectivity index (χ1v) is 5.91. The second-order valence-corrected chi connectivity index (χ2v) is 4.40. The normalized spacial score (nSPS) is 10.1. The highest BCUT2D eigenvalue weighted by molar-refractivity contribution is 9.10. The van der Waals surface area contributed by atoms with Gasteiger partial charge in [0.25, 0.3) is 0 Å². The van der Waals surface area contributed by atoms with Crippen molar-refractivity contribution in [2.24, 2.45) is 0 Å². The van der Waals surface area contributed by atoms with Gasteiger partial charge in [0.2, 0.25) is 5.88 Å². The first-order valence-electron chi connectivity index (χ1n) is 4.74. The Labute approximate surface area is 107 Å². The molecule has 1 aromatic heterocycles. The van der Waals surface area contributed by atoms with Crippen molar-refractivity contribution in [3.8, 4) is 5.88 Å². The Hall–Kier alpha value is -1.06. The Morgan fingerprint density at radius 1 is 1.12 bits per heavy atom. The van der Waals surface area contributed by atoms with Crippen molar-refractivity contribution in [1.82, 2.24) is 4.98 Å². The number of halogens is 2. The summed E-state index contributed by atoms with van der Waals surface area (Å²) in [5.74, 6) is 0.578. The summed E-state index contributed by atoms with van der Waals surface area (Å²) in [4.78, 5) is 4.17. The second kappa shape index (κ2) is 5.32. The van der Waals surface area contributed by atoms with E-state index in [2.05, 4.69) is 20.9 Å². The van der Waals surface area contributed by atoms with Crippen LogP contribution in [0.25, 0.3) is 0 Å². The minimum absolute atomic E-state index is 0.420. The monoisotopic (exact) mass is 297 g/mol. The Morgan fingerprint density at radius 2 is 1.94 bits per heavy atom. The molecule has 0 aliphatic rings. The molecule has 2 aromatic rings. The van der Waals surface area contributed by atoms with E-state index in [0.717, 1.165) is 10.2 Å². The van der Waals surface area contributed by atoms with Gasteiger partial charge in [-0.05, 0) is 28.1 Å². The summed E-state index contributed by atoms with van der Waals surface area (Å²) in [6, 6.07) is 13.1. The number of ether oxygens (including phenoxy) is 1. The van der Waals surface area contributed by atoms with E-state index >= 15 is 0 Å². The average molecular weight is 299 g/mol. The molecule has 0 spiro atoms. The molecule has 1 aromatic carbocycles. The van der Waals surface area contributed by atoms with Gasteiger partial charge >= 0.3 is 0 Å². The number of hydrogen-bond acceptors (Lipinski definition) is 2. The van der Waals surface area contributed by atoms with Crippen LogP contribution in [0.5, 0.6) is 5.88 Å². The SMILES string of the molecule is Clc1ccccc1COc1cccc(Br)n1. The quantitative estimate of drug-likeness (QED) is 0.797. The van der Waals surface area contributed by atoms with Crippen molar-refractivity contribution < 1.29 is 4.74 Å². The highest BCUT2D eigenvalue weighted by Gasteiger charge is 2.01. The lowest BCUT2D eigenvalue weighted by Gasteiger charge is -2.06. The lowest BCUT2D eigenvalue weighted by atomic mass is 10.2. The first kappa shape index (κ1) is 11.4. The van der Waals surface area contributed by atoms with Gasteiger partial charge in [0.1, 0.15) is 11.2 Å².